The summed E-state index contributed by atoms with van der Waals surface area (Å²) in [6.07, 6.45) is 5.49. The van der Waals surface area contributed by atoms with Crippen molar-refractivity contribution in [2.45, 2.75) is 58.5 Å². The highest BCUT2D eigenvalue weighted by atomic mass is 16.2. The van der Waals surface area contributed by atoms with Gasteiger partial charge < -0.3 is 9.47 Å². The molecule has 0 N–H and O–H groups in total. The van der Waals surface area contributed by atoms with Crippen LogP contribution in [0.2, 0.25) is 0 Å². The van der Waals surface area contributed by atoms with Crippen molar-refractivity contribution in [2.75, 3.05) is 11.4 Å². The molecule has 172 valence electrons. The van der Waals surface area contributed by atoms with Gasteiger partial charge in [-0.15, -0.1) is 0 Å². The maximum absolute atomic E-state index is 13.9. The second kappa shape index (κ2) is 10.1. The second-order valence-corrected chi connectivity index (χ2v) is 8.94. The summed E-state index contributed by atoms with van der Waals surface area (Å²) in [6, 6.07) is 21.9. The monoisotopic (exact) mass is 443 g/mol. The molecule has 0 fully saturated rings. The number of rotatable bonds is 8. The molecule has 0 radical (unpaired) electrons. The Morgan fingerprint density at radius 1 is 0.909 bits per heavy atom. The average molecular weight is 444 g/mol. The fourth-order valence-electron chi connectivity index (χ4n) is 4.66. The van der Waals surface area contributed by atoms with E-state index in [-0.39, 0.29) is 30.4 Å². The summed E-state index contributed by atoms with van der Waals surface area (Å²) in [5.74, 6) is -0.0157. The molecule has 1 aliphatic rings. The van der Waals surface area contributed by atoms with Gasteiger partial charge in [0.2, 0.25) is 11.8 Å². The third-order valence-electron chi connectivity index (χ3n) is 6.35. The first kappa shape index (κ1) is 22.8. The van der Waals surface area contributed by atoms with Gasteiger partial charge in [-0.25, -0.2) is 0 Å². The normalized spacial score (nSPS) is 14.7. The van der Waals surface area contributed by atoms with Gasteiger partial charge in [-0.1, -0.05) is 62.2 Å². The molecule has 5 heteroatoms. The van der Waals surface area contributed by atoms with Crippen molar-refractivity contribution in [1.82, 2.24) is 9.47 Å². The van der Waals surface area contributed by atoms with Gasteiger partial charge >= 0.3 is 0 Å². The highest BCUT2D eigenvalue weighted by molar-refractivity contribution is 6.00. The second-order valence-electron chi connectivity index (χ2n) is 8.94. The van der Waals surface area contributed by atoms with E-state index in [4.69, 9.17) is 0 Å². The van der Waals surface area contributed by atoms with Crippen LogP contribution < -0.4 is 4.90 Å². The number of carbonyl (C=O) groups excluding carboxylic acids is 2. The molecule has 4 rings (SSSR count). The van der Waals surface area contributed by atoms with Crippen molar-refractivity contribution in [1.29, 1.82) is 0 Å². The molecule has 0 saturated heterocycles. The molecule has 2 amide bonds. The summed E-state index contributed by atoms with van der Waals surface area (Å²) >= 11 is 0. The predicted molar refractivity (Wildman–Crippen MR) is 133 cm³/mol. The molecule has 33 heavy (non-hydrogen) atoms. The summed E-state index contributed by atoms with van der Waals surface area (Å²) in [5.41, 5.74) is 3.93. The first-order valence-electron chi connectivity index (χ1n) is 12.0. The lowest BCUT2D eigenvalue weighted by atomic mass is 9.97. The molecule has 5 nitrogen and oxygen atoms in total. The number of para-hydroxylation sites is 2. The number of hydrogen-bond donors (Lipinski definition) is 0. The standard InChI is InChI=1S/C28H33N3O2/c1-4-5-7-18-26(32)30(21(2)3)20-27(33)31-24-16-11-10-15-23(24)29-19-12-17-25(29)28(31)22-13-8-6-9-14-22/h6,8-17,19,21,28H,4-5,7,18,20H2,1-3H3. The van der Waals surface area contributed by atoms with E-state index in [1.165, 1.54) is 0 Å². The van der Waals surface area contributed by atoms with Crippen LogP contribution in [0.5, 0.6) is 0 Å². The fraction of sp³-hybridized carbons (Fsp3) is 0.357. The lowest BCUT2D eigenvalue weighted by Gasteiger charge is -2.40. The summed E-state index contributed by atoms with van der Waals surface area (Å²) in [5, 5.41) is 0. The van der Waals surface area contributed by atoms with E-state index in [1.54, 1.807) is 4.90 Å². The Morgan fingerprint density at radius 3 is 2.30 bits per heavy atom. The van der Waals surface area contributed by atoms with Crippen LogP contribution >= 0.6 is 0 Å². The van der Waals surface area contributed by atoms with Gasteiger partial charge in [-0.2, -0.15) is 0 Å². The number of fused-ring (bicyclic) bond motifs is 3. The summed E-state index contributed by atoms with van der Waals surface area (Å²) in [6.45, 7) is 6.16. The number of aromatic nitrogens is 1. The van der Waals surface area contributed by atoms with Gasteiger partial charge in [0.15, 0.2) is 0 Å². The maximum atomic E-state index is 13.9. The van der Waals surface area contributed by atoms with Gasteiger partial charge in [0.1, 0.15) is 12.6 Å². The summed E-state index contributed by atoms with van der Waals surface area (Å²) in [7, 11) is 0. The van der Waals surface area contributed by atoms with Gasteiger partial charge in [0.05, 0.1) is 17.1 Å². The molecule has 1 unspecified atom stereocenters. The van der Waals surface area contributed by atoms with E-state index in [0.717, 1.165) is 41.9 Å². The Morgan fingerprint density at radius 2 is 1.61 bits per heavy atom. The van der Waals surface area contributed by atoms with Crippen LogP contribution in [0.3, 0.4) is 0 Å². The smallest absolute Gasteiger partial charge is 0.247 e. The zero-order valence-corrected chi connectivity index (χ0v) is 19.8. The molecule has 0 spiro atoms. The van der Waals surface area contributed by atoms with E-state index in [2.05, 4.69) is 29.7 Å². The van der Waals surface area contributed by atoms with Crippen molar-refractivity contribution in [3.8, 4) is 5.69 Å². The molecule has 0 saturated carbocycles. The van der Waals surface area contributed by atoms with E-state index < -0.39 is 0 Å². The first-order valence-corrected chi connectivity index (χ1v) is 12.0. The molecular formula is C28H33N3O2. The maximum Gasteiger partial charge on any atom is 0.247 e. The van der Waals surface area contributed by atoms with Crippen molar-refractivity contribution in [3.05, 3.63) is 84.2 Å². The number of anilines is 1. The van der Waals surface area contributed by atoms with Crippen LogP contribution in [-0.2, 0) is 9.59 Å². The number of unbranched alkanes of at least 4 members (excludes halogenated alkanes) is 2. The summed E-state index contributed by atoms with van der Waals surface area (Å²) < 4.78 is 2.16. The Kier molecular flexibility index (Phi) is 6.97. The molecule has 1 aliphatic heterocycles. The largest absolute Gasteiger partial charge is 0.331 e. The molecule has 3 aromatic rings. The first-order chi connectivity index (χ1) is 16.0. The number of hydrogen-bond acceptors (Lipinski definition) is 2. The quantitative estimate of drug-likeness (QED) is 0.417. The SMILES string of the molecule is CCCCCC(=O)N(CC(=O)N1c2ccccc2-n2cccc2C1c1ccccc1)C(C)C. The van der Waals surface area contributed by atoms with Crippen LogP contribution in [0.25, 0.3) is 5.69 Å². The predicted octanol–water partition coefficient (Wildman–Crippen LogP) is 5.73. The van der Waals surface area contributed by atoms with Gasteiger partial charge in [0, 0.05) is 18.7 Å². The molecule has 0 bridgehead atoms. The number of amides is 2. The van der Waals surface area contributed by atoms with Crippen LogP contribution in [-0.4, -0.2) is 33.9 Å². The highest BCUT2D eigenvalue weighted by Crippen LogP contribution is 2.42. The number of benzene rings is 2. The third-order valence-corrected chi connectivity index (χ3v) is 6.35. The van der Waals surface area contributed by atoms with Crippen molar-refractivity contribution in [2.24, 2.45) is 0 Å². The van der Waals surface area contributed by atoms with Crippen molar-refractivity contribution >= 4 is 17.5 Å². The van der Waals surface area contributed by atoms with Crippen LogP contribution in [0, 0.1) is 0 Å². The zero-order valence-electron chi connectivity index (χ0n) is 19.8. The minimum Gasteiger partial charge on any atom is -0.331 e. The van der Waals surface area contributed by atoms with Crippen LogP contribution in [0.4, 0.5) is 5.69 Å². The molecule has 0 aliphatic carbocycles. The van der Waals surface area contributed by atoms with Gasteiger partial charge in [-0.05, 0) is 50.1 Å². The molecule has 1 atom stereocenters. The van der Waals surface area contributed by atoms with Gasteiger partial charge in [0.25, 0.3) is 0 Å². The Labute approximate surface area is 196 Å². The van der Waals surface area contributed by atoms with Crippen molar-refractivity contribution in [3.63, 3.8) is 0 Å². The Balaban J connectivity index is 1.72. The van der Waals surface area contributed by atoms with Crippen molar-refractivity contribution < 1.29 is 9.59 Å². The number of carbonyl (C=O) groups is 2. The van der Waals surface area contributed by atoms with E-state index in [1.807, 2.05) is 73.5 Å². The lowest BCUT2D eigenvalue weighted by Crippen LogP contribution is -2.48. The molecule has 1 aromatic heterocycles. The zero-order chi connectivity index (χ0) is 23.4. The van der Waals surface area contributed by atoms with E-state index >= 15 is 0 Å². The molecule has 2 heterocycles. The highest BCUT2D eigenvalue weighted by Gasteiger charge is 2.37. The summed E-state index contributed by atoms with van der Waals surface area (Å²) in [4.78, 5) is 30.5. The minimum absolute atomic E-state index is 0.0397. The third kappa shape index (κ3) is 4.58. The molecule has 2 aromatic carbocycles. The van der Waals surface area contributed by atoms with E-state index in [9.17, 15) is 9.59 Å². The van der Waals surface area contributed by atoms with E-state index in [0.29, 0.717) is 6.42 Å². The Hall–Kier alpha value is -3.34. The Bertz CT molecular complexity index is 1100. The van der Waals surface area contributed by atoms with Gasteiger partial charge in [-0.3, -0.25) is 14.5 Å². The number of nitrogens with zero attached hydrogens (tertiary/aromatic N) is 3. The topological polar surface area (TPSA) is 45.6 Å². The molecular weight excluding hydrogens is 410 g/mol. The average Bonchev–Trinajstić information content (AvgIpc) is 3.32. The van der Waals surface area contributed by atoms with Crippen LogP contribution in [0.1, 0.15) is 63.8 Å². The lowest BCUT2D eigenvalue weighted by molar-refractivity contribution is -0.137. The van der Waals surface area contributed by atoms with Crippen LogP contribution in [0.15, 0.2) is 72.9 Å². The fourth-order valence-corrected chi connectivity index (χ4v) is 4.66. The minimum atomic E-state index is -0.257.